The van der Waals surface area contributed by atoms with Gasteiger partial charge in [0, 0.05) is 25.7 Å². The number of fused-ring (bicyclic) bond motifs is 1. The predicted octanol–water partition coefficient (Wildman–Crippen LogP) is 2.10. The molecule has 0 aromatic heterocycles. The first-order chi connectivity index (χ1) is 7.27. The second-order valence-electron chi connectivity index (χ2n) is 3.88. The number of anilines is 1. The molecule has 1 aromatic carbocycles. The molecule has 0 atom stereocenters. The Hall–Kier alpha value is -1.22. The maximum atomic E-state index is 10.9. The van der Waals surface area contributed by atoms with Crippen molar-refractivity contribution in [3.05, 3.63) is 29.3 Å². The van der Waals surface area contributed by atoms with E-state index in [4.69, 9.17) is 0 Å². The normalized spacial score (nSPS) is 13.1. The molecule has 1 heterocycles. The van der Waals surface area contributed by atoms with E-state index < -0.39 is 0 Å². The molecule has 0 spiro atoms. The Kier molecular flexibility index (Phi) is 4.62. The highest BCUT2D eigenvalue weighted by Crippen LogP contribution is 2.24. The van der Waals surface area contributed by atoms with E-state index in [1.54, 1.807) is 6.92 Å². The molecule has 3 nitrogen and oxygen atoms in total. The van der Waals surface area contributed by atoms with Gasteiger partial charge in [-0.3, -0.25) is 4.79 Å². The number of nitrogens with one attached hydrogen (secondary N) is 2. The lowest BCUT2D eigenvalue weighted by Crippen LogP contribution is -2.21. The lowest BCUT2D eigenvalue weighted by atomic mass is 9.97. The minimum Gasteiger partial charge on any atom is -0.385 e. The van der Waals surface area contributed by atoms with Crippen LogP contribution in [-0.2, 0) is 17.8 Å². The number of benzene rings is 1. The molecule has 4 heteroatoms. The van der Waals surface area contributed by atoms with Crippen molar-refractivity contribution in [2.24, 2.45) is 0 Å². The van der Waals surface area contributed by atoms with Crippen LogP contribution >= 0.6 is 12.4 Å². The van der Waals surface area contributed by atoms with Crippen LogP contribution in [-0.4, -0.2) is 12.5 Å². The molecule has 1 aliphatic rings. The first kappa shape index (κ1) is 12.8. The molecule has 0 aliphatic carbocycles. The van der Waals surface area contributed by atoms with E-state index in [0.29, 0.717) is 6.54 Å². The quantitative estimate of drug-likeness (QED) is 0.831. The number of hydrogen-bond donors (Lipinski definition) is 2. The molecule has 0 bridgehead atoms. The summed E-state index contributed by atoms with van der Waals surface area (Å²) in [7, 11) is 0. The average molecular weight is 241 g/mol. The first-order valence-electron chi connectivity index (χ1n) is 5.36. The van der Waals surface area contributed by atoms with Crippen LogP contribution in [0.15, 0.2) is 18.2 Å². The molecular weight excluding hydrogens is 224 g/mol. The topological polar surface area (TPSA) is 41.1 Å². The highest BCUT2D eigenvalue weighted by Gasteiger charge is 2.11. The van der Waals surface area contributed by atoms with Crippen LogP contribution in [0.5, 0.6) is 0 Å². The number of rotatable bonds is 2. The van der Waals surface area contributed by atoms with E-state index in [1.165, 1.54) is 23.2 Å². The fourth-order valence-electron chi connectivity index (χ4n) is 1.97. The van der Waals surface area contributed by atoms with E-state index in [-0.39, 0.29) is 18.3 Å². The van der Waals surface area contributed by atoms with Crippen LogP contribution in [0.2, 0.25) is 0 Å². The van der Waals surface area contributed by atoms with Gasteiger partial charge in [0.05, 0.1) is 0 Å². The van der Waals surface area contributed by atoms with Crippen LogP contribution in [0.3, 0.4) is 0 Å². The van der Waals surface area contributed by atoms with Crippen molar-refractivity contribution in [2.45, 2.75) is 26.3 Å². The highest BCUT2D eigenvalue weighted by atomic mass is 35.5. The monoisotopic (exact) mass is 240 g/mol. The lowest BCUT2D eigenvalue weighted by molar-refractivity contribution is -0.119. The van der Waals surface area contributed by atoms with Crippen molar-refractivity contribution in [2.75, 3.05) is 11.9 Å². The van der Waals surface area contributed by atoms with Gasteiger partial charge in [0.15, 0.2) is 0 Å². The number of hydrogen-bond acceptors (Lipinski definition) is 2. The molecule has 88 valence electrons. The number of carbonyl (C=O) groups is 1. The number of carbonyl (C=O) groups excluding carboxylic acids is 1. The fraction of sp³-hybridized carbons (Fsp3) is 0.417. The third-order valence-electron chi connectivity index (χ3n) is 2.72. The Morgan fingerprint density at radius 2 is 2.31 bits per heavy atom. The zero-order valence-corrected chi connectivity index (χ0v) is 10.2. The van der Waals surface area contributed by atoms with Crippen molar-refractivity contribution in [3.8, 4) is 0 Å². The molecule has 0 radical (unpaired) electrons. The second kappa shape index (κ2) is 5.75. The van der Waals surface area contributed by atoms with E-state index in [0.717, 1.165) is 13.0 Å². The summed E-state index contributed by atoms with van der Waals surface area (Å²) >= 11 is 0. The highest BCUT2D eigenvalue weighted by molar-refractivity contribution is 5.85. The molecule has 2 N–H and O–H groups in total. The summed E-state index contributed by atoms with van der Waals surface area (Å²) in [5.41, 5.74) is 3.82. The number of halogens is 1. The van der Waals surface area contributed by atoms with Crippen molar-refractivity contribution >= 4 is 24.0 Å². The summed E-state index contributed by atoms with van der Waals surface area (Å²) < 4.78 is 0. The summed E-state index contributed by atoms with van der Waals surface area (Å²) in [6.45, 7) is 3.24. The summed E-state index contributed by atoms with van der Waals surface area (Å²) in [6.07, 6.45) is 2.28. The second-order valence-corrected chi connectivity index (χ2v) is 3.88. The molecule has 0 saturated heterocycles. The largest absolute Gasteiger partial charge is 0.385 e. The van der Waals surface area contributed by atoms with Crippen molar-refractivity contribution < 1.29 is 4.79 Å². The minimum absolute atomic E-state index is 0. The molecule has 0 saturated carbocycles. The average Bonchev–Trinajstić information content (AvgIpc) is 2.26. The van der Waals surface area contributed by atoms with E-state index in [1.807, 2.05) is 6.07 Å². The standard InChI is InChI=1S/C12H16N2O.ClH/c1-9(15)14-8-10-4-2-6-12-11(10)5-3-7-13-12;/h2,4,6,13H,3,5,7-8H2,1H3,(H,14,15);1H. The Morgan fingerprint density at radius 1 is 1.50 bits per heavy atom. The summed E-state index contributed by atoms with van der Waals surface area (Å²) in [5, 5.41) is 6.22. The SMILES string of the molecule is CC(=O)NCc1cccc2c1CCCN2.Cl. The number of amides is 1. The zero-order valence-electron chi connectivity index (χ0n) is 9.38. The van der Waals surface area contributed by atoms with Crippen molar-refractivity contribution in [1.29, 1.82) is 0 Å². The lowest BCUT2D eigenvalue weighted by Gasteiger charge is -2.21. The molecule has 1 amide bonds. The maximum Gasteiger partial charge on any atom is 0.217 e. The van der Waals surface area contributed by atoms with Crippen LogP contribution in [0.1, 0.15) is 24.5 Å². The van der Waals surface area contributed by atoms with Gasteiger partial charge in [0.2, 0.25) is 5.91 Å². The van der Waals surface area contributed by atoms with Gasteiger partial charge in [-0.25, -0.2) is 0 Å². The molecule has 0 unspecified atom stereocenters. The van der Waals surface area contributed by atoms with Gasteiger partial charge in [-0.2, -0.15) is 0 Å². The van der Waals surface area contributed by atoms with Gasteiger partial charge in [0.25, 0.3) is 0 Å². The third kappa shape index (κ3) is 2.89. The predicted molar refractivity (Wildman–Crippen MR) is 68.0 cm³/mol. The molecule has 1 aliphatic heterocycles. The Labute approximate surface area is 102 Å². The van der Waals surface area contributed by atoms with Crippen LogP contribution in [0.4, 0.5) is 5.69 Å². The molecular formula is C12H17ClN2O. The Balaban J connectivity index is 0.00000128. The summed E-state index contributed by atoms with van der Waals surface area (Å²) in [5.74, 6) is 0.0244. The smallest absolute Gasteiger partial charge is 0.217 e. The molecule has 1 aromatic rings. The van der Waals surface area contributed by atoms with Crippen LogP contribution in [0.25, 0.3) is 0 Å². The van der Waals surface area contributed by atoms with Gasteiger partial charge >= 0.3 is 0 Å². The Morgan fingerprint density at radius 3 is 3.06 bits per heavy atom. The first-order valence-corrected chi connectivity index (χ1v) is 5.36. The molecule has 0 fully saturated rings. The fourth-order valence-corrected chi connectivity index (χ4v) is 1.97. The molecule has 2 rings (SSSR count). The molecule has 16 heavy (non-hydrogen) atoms. The van der Waals surface area contributed by atoms with Crippen LogP contribution in [0, 0.1) is 0 Å². The zero-order chi connectivity index (χ0) is 10.7. The van der Waals surface area contributed by atoms with Gasteiger partial charge < -0.3 is 10.6 Å². The van der Waals surface area contributed by atoms with Crippen LogP contribution < -0.4 is 10.6 Å². The van der Waals surface area contributed by atoms with E-state index in [2.05, 4.69) is 22.8 Å². The van der Waals surface area contributed by atoms with Crippen molar-refractivity contribution in [1.82, 2.24) is 5.32 Å². The third-order valence-corrected chi connectivity index (χ3v) is 2.72. The summed E-state index contributed by atoms with van der Waals surface area (Å²) in [4.78, 5) is 10.9. The van der Waals surface area contributed by atoms with E-state index in [9.17, 15) is 4.79 Å². The van der Waals surface area contributed by atoms with Crippen molar-refractivity contribution in [3.63, 3.8) is 0 Å². The maximum absolute atomic E-state index is 10.9. The van der Waals surface area contributed by atoms with Gasteiger partial charge in [-0.15, -0.1) is 12.4 Å². The van der Waals surface area contributed by atoms with Gasteiger partial charge in [-0.05, 0) is 30.0 Å². The Bertz CT molecular complexity index is 379. The minimum atomic E-state index is 0. The van der Waals surface area contributed by atoms with E-state index >= 15 is 0 Å². The summed E-state index contributed by atoms with van der Waals surface area (Å²) in [6, 6.07) is 6.22. The van der Waals surface area contributed by atoms with Gasteiger partial charge in [-0.1, -0.05) is 12.1 Å². The van der Waals surface area contributed by atoms with Gasteiger partial charge in [0.1, 0.15) is 0 Å².